The maximum Gasteiger partial charge on any atom is 0.255 e. The smallest absolute Gasteiger partial charge is 0.255 e. The number of hydrogen-bond donors (Lipinski definition) is 2. The van der Waals surface area contributed by atoms with Crippen molar-refractivity contribution in [2.45, 2.75) is 0 Å². The van der Waals surface area contributed by atoms with Gasteiger partial charge in [-0.3, -0.25) is 9.59 Å². The SMILES string of the molecule is CNC(=O)CN(C)C(=O)c1cc(F)ccc1C#CCN. The molecule has 0 bridgehead atoms. The second kappa shape index (κ2) is 7.26. The molecule has 1 aromatic rings. The second-order valence-electron chi connectivity index (χ2n) is 4.03. The van der Waals surface area contributed by atoms with Crippen molar-refractivity contribution in [2.75, 3.05) is 27.2 Å². The van der Waals surface area contributed by atoms with Gasteiger partial charge in [0.1, 0.15) is 5.82 Å². The molecule has 20 heavy (non-hydrogen) atoms. The molecule has 0 aliphatic rings. The monoisotopic (exact) mass is 277 g/mol. The highest BCUT2D eigenvalue weighted by molar-refractivity contribution is 5.98. The number of hydrogen-bond acceptors (Lipinski definition) is 3. The molecule has 2 amide bonds. The first-order chi connectivity index (χ1) is 9.49. The van der Waals surface area contributed by atoms with Gasteiger partial charge in [-0.15, -0.1) is 0 Å². The van der Waals surface area contributed by atoms with E-state index in [0.717, 1.165) is 6.07 Å². The van der Waals surface area contributed by atoms with Gasteiger partial charge in [-0.1, -0.05) is 11.8 Å². The Kier molecular flexibility index (Phi) is 5.69. The lowest BCUT2D eigenvalue weighted by atomic mass is 10.1. The van der Waals surface area contributed by atoms with Gasteiger partial charge < -0.3 is 16.0 Å². The van der Waals surface area contributed by atoms with E-state index in [0.29, 0.717) is 5.56 Å². The van der Waals surface area contributed by atoms with E-state index < -0.39 is 11.7 Å². The fraction of sp³-hybridized carbons (Fsp3) is 0.286. The Morgan fingerprint density at radius 2 is 2.15 bits per heavy atom. The molecule has 0 unspecified atom stereocenters. The summed E-state index contributed by atoms with van der Waals surface area (Å²) in [5, 5.41) is 2.41. The summed E-state index contributed by atoms with van der Waals surface area (Å²) in [4.78, 5) is 24.7. The summed E-state index contributed by atoms with van der Waals surface area (Å²) < 4.78 is 13.3. The van der Waals surface area contributed by atoms with Gasteiger partial charge in [0.15, 0.2) is 0 Å². The fourth-order valence-corrected chi connectivity index (χ4v) is 1.52. The van der Waals surface area contributed by atoms with Crippen molar-refractivity contribution in [3.05, 3.63) is 35.1 Å². The number of rotatable bonds is 3. The van der Waals surface area contributed by atoms with Crippen LogP contribution in [-0.4, -0.2) is 43.9 Å². The molecule has 1 aromatic carbocycles. The van der Waals surface area contributed by atoms with E-state index in [-0.39, 0.29) is 24.6 Å². The molecule has 0 aliphatic carbocycles. The zero-order valence-corrected chi connectivity index (χ0v) is 11.4. The van der Waals surface area contributed by atoms with Gasteiger partial charge in [0.25, 0.3) is 5.91 Å². The van der Waals surface area contributed by atoms with Crippen molar-refractivity contribution in [3.8, 4) is 11.8 Å². The first kappa shape index (κ1) is 15.7. The van der Waals surface area contributed by atoms with Gasteiger partial charge in [-0.2, -0.15) is 0 Å². The zero-order valence-electron chi connectivity index (χ0n) is 11.4. The van der Waals surface area contributed by atoms with Crippen LogP contribution < -0.4 is 11.1 Å². The Hall–Kier alpha value is -2.39. The minimum absolute atomic E-state index is 0.109. The molecule has 0 atom stereocenters. The predicted octanol–water partition coefficient (Wildman–Crippen LogP) is -0.0461. The molecule has 1 rings (SSSR count). The summed E-state index contributed by atoms with van der Waals surface area (Å²) in [6.45, 7) is 0.0225. The lowest BCUT2D eigenvalue weighted by molar-refractivity contribution is -0.121. The first-order valence-electron chi connectivity index (χ1n) is 5.94. The lowest BCUT2D eigenvalue weighted by Gasteiger charge is -2.17. The summed E-state index contributed by atoms with van der Waals surface area (Å²) in [5.74, 6) is 4.00. The fourth-order valence-electron chi connectivity index (χ4n) is 1.52. The van der Waals surface area contributed by atoms with Crippen molar-refractivity contribution in [2.24, 2.45) is 5.73 Å². The topological polar surface area (TPSA) is 75.4 Å². The summed E-state index contributed by atoms with van der Waals surface area (Å²) in [5.41, 5.74) is 5.77. The van der Waals surface area contributed by atoms with Crippen LogP contribution in [0.4, 0.5) is 4.39 Å². The van der Waals surface area contributed by atoms with Gasteiger partial charge >= 0.3 is 0 Å². The number of likely N-dealkylation sites (N-methyl/N-ethyl adjacent to an activating group) is 2. The van der Waals surface area contributed by atoms with E-state index in [4.69, 9.17) is 5.73 Å². The number of nitrogens with one attached hydrogen (secondary N) is 1. The van der Waals surface area contributed by atoms with Crippen molar-refractivity contribution in [3.63, 3.8) is 0 Å². The zero-order chi connectivity index (χ0) is 15.1. The Morgan fingerprint density at radius 1 is 1.45 bits per heavy atom. The minimum atomic E-state index is -0.542. The maximum atomic E-state index is 13.3. The molecule has 0 saturated heterocycles. The van der Waals surface area contributed by atoms with Crippen LogP contribution in [0.3, 0.4) is 0 Å². The minimum Gasteiger partial charge on any atom is -0.358 e. The third kappa shape index (κ3) is 4.07. The van der Waals surface area contributed by atoms with E-state index in [9.17, 15) is 14.0 Å². The maximum absolute atomic E-state index is 13.3. The highest BCUT2D eigenvalue weighted by Gasteiger charge is 2.17. The Balaban J connectivity index is 3.07. The summed E-state index contributed by atoms with van der Waals surface area (Å²) >= 11 is 0. The number of benzene rings is 1. The molecule has 0 spiro atoms. The van der Waals surface area contributed by atoms with Crippen LogP contribution in [0.1, 0.15) is 15.9 Å². The molecular formula is C14H16FN3O2. The third-order valence-corrected chi connectivity index (χ3v) is 2.54. The molecule has 0 aliphatic heterocycles. The molecule has 0 saturated carbocycles. The van der Waals surface area contributed by atoms with Crippen molar-refractivity contribution < 1.29 is 14.0 Å². The number of carbonyl (C=O) groups is 2. The quantitative estimate of drug-likeness (QED) is 0.761. The van der Waals surface area contributed by atoms with E-state index in [2.05, 4.69) is 17.2 Å². The molecular weight excluding hydrogens is 261 g/mol. The summed E-state index contributed by atoms with van der Waals surface area (Å²) in [6, 6.07) is 3.73. The number of carbonyl (C=O) groups excluding carboxylic acids is 2. The van der Waals surface area contributed by atoms with Crippen LogP contribution in [0.25, 0.3) is 0 Å². The molecule has 0 fully saturated rings. The average molecular weight is 277 g/mol. The van der Waals surface area contributed by atoms with Crippen LogP contribution in [0, 0.1) is 17.7 Å². The van der Waals surface area contributed by atoms with Crippen LogP contribution in [0.15, 0.2) is 18.2 Å². The normalized spacial score (nSPS) is 9.40. The molecule has 0 radical (unpaired) electrons. The van der Waals surface area contributed by atoms with E-state index in [1.807, 2.05) is 0 Å². The highest BCUT2D eigenvalue weighted by Crippen LogP contribution is 2.12. The van der Waals surface area contributed by atoms with E-state index in [1.165, 1.54) is 31.1 Å². The highest BCUT2D eigenvalue weighted by atomic mass is 19.1. The largest absolute Gasteiger partial charge is 0.358 e. The van der Waals surface area contributed by atoms with Crippen LogP contribution >= 0.6 is 0 Å². The number of amides is 2. The first-order valence-corrected chi connectivity index (χ1v) is 5.94. The third-order valence-electron chi connectivity index (χ3n) is 2.54. The van der Waals surface area contributed by atoms with Crippen LogP contribution in [0.2, 0.25) is 0 Å². The molecule has 3 N–H and O–H groups in total. The summed E-state index contributed by atoms with van der Waals surface area (Å²) in [7, 11) is 2.93. The Morgan fingerprint density at radius 3 is 2.75 bits per heavy atom. The second-order valence-corrected chi connectivity index (χ2v) is 4.03. The molecule has 5 nitrogen and oxygen atoms in total. The molecule has 6 heteroatoms. The van der Waals surface area contributed by atoms with Gasteiger partial charge in [-0.05, 0) is 18.2 Å². The van der Waals surface area contributed by atoms with Gasteiger partial charge in [0.2, 0.25) is 5.91 Å². The van der Waals surface area contributed by atoms with Crippen molar-refractivity contribution in [1.29, 1.82) is 0 Å². The summed E-state index contributed by atoms with van der Waals surface area (Å²) in [6.07, 6.45) is 0. The molecule has 0 heterocycles. The van der Waals surface area contributed by atoms with Crippen LogP contribution in [-0.2, 0) is 4.79 Å². The van der Waals surface area contributed by atoms with E-state index in [1.54, 1.807) is 0 Å². The number of nitrogens with two attached hydrogens (primary N) is 1. The van der Waals surface area contributed by atoms with Gasteiger partial charge in [0, 0.05) is 19.7 Å². The Labute approximate surface area is 116 Å². The van der Waals surface area contributed by atoms with Gasteiger partial charge in [-0.25, -0.2) is 4.39 Å². The molecule has 0 aromatic heterocycles. The number of nitrogens with zero attached hydrogens (tertiary/aromatic N) is 1. The van der Waals surface area contributed by atoms with Crippen molar-refractivity contribution >= 4 is 11.8 Å². The van der Waals surface area contributed by atoms with E-state index >= 15 is 0 Å². The molecule has 106 valence electrons. The van der Waals surface area contributed by atoms with Crippen LogP contribution in [0.5, 0.6) is 0 Å². The van der Waals surface area contributed by atoms with Gasteiger partial charge in [0.05, 0.1) is 18.7 Å². The Bertz CT molecular complexity index is 576. The predicted molar refractivity (Wildman–Crippen MR) is 73.4 cm³/mol. The lowest BCUT2D eigenvalue weighted by Crippen LogP contribution is -2.37. The van der Waals surface area contributed by atoms with Crippen molar-refractivity contribution in [1.82, 2.24) is 10.2 Å². The number of halogens is 1. The standard InChI is InChI=1S/C14H16FN3O2/c1-17-13(19)9-18(2)14(20)12-8-11(15)6-5-10(12)4-3-7-16/h5-6,8H,7,9,16H2,1-2H3,(H,17,19). The average Bonchev–Trinajstić information content (AvgIpc) is 2.44.